The van der Waals surface area contributed by atoms with Crippen LogP contribution in [-0.4, -0.2) is 11.1 Å². The third-order valence-corrected chi connectivity index (χ3v) is 2.93. The molecule has 1 aromatic carbocycles. The van der Waals surface area contributed by atoms with Gasteiger partial charge in [0.15, 0.2) is 0 Å². The van der Waals surface area contributed by atoms with Gasteiger partial charge in [-0.1, -0.05) is 11.6 Å². The highest BCUT2D eigenvalue weighted by molar-refractivity contribution is 5.82. The minimum Gasteiger partial charge on any atom is -0.348 e. The monoisotopic (exact) mass is 202 g/mol. The molecule has 0 saturated heterocycles. The van der Waals surface area contributed by atoms with Crippen LogP contribution in [-0.2, 0) is 13.5 Å². The molecule has 1 heterocycles. The van der Waals surface area contributed by atoms with Gasteiger partial charge in [0.05, 0.1) is 0 Å². The Morgan fingerprint density at radius 2 is 2.07 bits per heavy atom. The minimum atomic E-state index is 0.764. The van der Waals surface area contributed by atoms with Crippen molar-refractivity contribution < 1.29 is 0 Å². The summed E-state index contributed by atoms with van der Waals surface area (Å²) in [6, 6.07) is 8.87. The molecule has 0 amide bonds. The number of aromatic nitrogens is 1. The van der Waals surface area contributed by atoms with Crippen molar-refractivity contribution in [3.63, 3.8) is 0 Å². The third kappa shape index (κ3) is 1.90. The second-order valence-corrected chi connectivity index (χ2v) is 4.15. The van der Waals surface area contributed by atoms with Crippen molar-refractivity contribution >= 4 is 10.9 Å². The van der Waals surface area contributed by atoms with Crippen molar-refractivity contribution in [2.45, 2.75) is 19.8 Å². The van der Waals surface area contributed by atoms with Gasteiger partial charge >= 0.3 is 0 Å². The number of rotatable bonds is 3. The molecule has 0 bridgehead atoms. The molecule has 0 fully saturated rings. The number of fused-ring (bicyclic) bond motifs is 1. The average molecular weight is 202 g/mol. The first-order valence-corrected chi connectivity index (χ1v) is 5.47. The number of hydrogen-bond acceptors (Lipinski definition) is 1. The van der Waals surface area contributed by atoms with Gasteiger partial charge in [-0.2, -0.15) is 0 Å². The van der Waals surface area contributed by atoms with Gasteiger partial charge < -0.3 is 10.3 Å². The fraction of sp³-hybridized carbons (Fsp3) is 0.385. The van der Waals surface area contributed by atoms with Crippen molar-refractivity contribution in [2.75, 3.05) is 6.54 Å². The molecule has 0 spiro atoms. The number of nitrogens with two attached hydrogens (primary N) is 1. The maximum Gasteiger partial charge on any atom is 0.0480 e. The van der Waals surface area contributed by atoms with Gasteiger partial charge in [0.1, 0.15) is 0 Å². The van der Waals surface area contributed by atoms with Crippen LogP contribution in [0.5, 0.6) is 0 Å². The van der Waals surface area contributed by atoms with Gasteiger partial charge in [0, 0.05) is 23.6 Å². The largest absolute Gasteiger partial charge is 0.348 e. The van der Waals surface area contributed by atoms with E-state index < -0.39 is 0 Å². The van der Waals surface area contributed by atoms with Gasteiger partial charge in [0.25, 0.3) is 0 Å². The maximum atomic E-state index is 5.54. The molecule has 2 rings (SSSR count). The zero-order valence-electron chi connectivity index (χ0n) is 9.46. The highest BCUT2D eigenvalue weighted by Gasteiger charge is 2.04. The highest BCUT2D eigenvalue weighted by atomic mass is 14.9. The van der Waals surface area contributed by atoms with E-state index in [0.29, 0.717) is 0 Å². The molecule has 0 atom stereocenters. The molecule has 0 unspecified atom stereocenters. The normalized spacial score (nSPS) is 11.1. The average Bonchev–Trinajstić information content (AvgIpc) is 2.52. The van der Waals surface area contributed by atoms with Crippen LogP contribution in [0.15, 0.2) is 24.3 Å². The Hall–Kier alpha value is -1.28. The van der Waals surface area contributed by atoms with E-state index in [2.05, 4.69) is 42.8 Å². The topological polar surface area (TPSA) is 30.9 Å². The van der Waals surface area contributed by atoms with E-state index in [4.69, 9.17) is 5.73 Å². The highest BCUT2D eigenvalue weighted by Crippen LogP contribution is 2.20. The van der Waals surface area contributed by atoms with Crippen molar-refractivity contribution in [2.24, 2.45) is 12.8 Å². The molecule has 0 aliphatic heterocycles. The van der Waals surface area contributed by atoms with E-state index in [9.17, 15) is 0 Å². The molecular formula is C13H18N2. The molecular weight excluding hydrogens is 184 g/mol. The molecule has 1 aromatic heterocycles. The van der Waals surface area contributed by atoms with E-state index in [1.165, 1.54) is 22.2 Å². The first-order valence-electron chi connectivity index (χ1n) is 5.47. The molecule has 0 saturated carbocycles. The zero-order valence-corrected chi connectivity index (χ0v) is 9.46. The quantitative estimate of drug-likeness (QED) is 0.814. The van der Waals surface area contributed by atoms with E-state index in [1.807, 2.05) is 0 Å². The predicted molar refractivity (Wildman–Crippen MR) is 65.0 cm³/mol. The molecule has 15 heavy (non-hydrogen) atoms. The molecule has 2 nitrogen and oxygen atoms in total. The first kappa shape index (κ1) is 10.2. The second-order valence-electron chi connectivity index (χ2n) is 4.15. The Morgan fingerprint density at radius 3 is 2.80 bits per heavy atom. The van der Waals surface area contributed by atoms with Gasteiger partial charge in [-0.3, -0.25) is 0 Å². The number of nitrogens with zero attached hydrogens (tertiary/aromatic N) is 1. The summed E-state index contributed by atoms with van der Waals surface area (Å²) in [6.07, 6.45) is 2.13. The van der Waals surface area contributed by atoms with Crippen molar-refractivity contribution in [1.29, 1.82) is 0 Å². The summed E-state index contributed by atoms with van der Waals surface area (Å²) in [5.41, 5.74) is 9.54. The van der Waals surface area contributed by atoms with Crippen LogP contribution in [0.25, 0.3) is 10.9 Å². The molecule has 2 aromatic rings. The van der Waals surface area contributed by atoms with Crippen LogP contribution < -0.4 is 5.73 Å². The molecule has 80 valence electrons. The van der Waals surface area contributed by atoms with Crippen LogP contribution in [0.2, 0.25) is 0 Å². The summed E-state index contributed by atoms with van der Waals surface area (Å²) in [7, 11) is 2.13. The van der Waals surface area contributed by atoms with E-state index in [0.717, 1.165) is 19.4 Å². The van der Waals surface area contributed by atoms with Gasteiger partial charge in [-0.15, -0.1) is 0 Å². The van der Waals surface area contributed by atoms with Crippen LogP contribution >= 0.6 is 0 Å². The van der Waals surface area contributed by atoms with Gasteiger partial charge in [-0.25, -0.2) is 0 Å². The van der Waals surface area contributed by atoms with Crippen LogP contribution in [0.3, 0.4) is 0 Å². The summed E-state index contributed by atoms with van der Waals surface area (Å²) in [6.45, 7) is 2.90. The Morgan fingerprint density at radius 1 is 1.27 bits per heavy atom. The lowest BCUT2D eigenvalue weighted by Gasteiger charge is -2.02. The Bertz CT molecular complexity index is 469. The molecule has 0 aliphatic rings. The van der Waals surface area contributed by atoms with Crippen molar-refractivity contribution in [3.05, 3.63) is 35.5 Å². The fourth-order valence-electron chi connectivity index (χ4n) is 2.05. The smallest absolute Gasteiger partial charge is 0.0480 e. The van der Waals surface area contributed by atoms with Gasteiger partial charge in [0.2, 0.25) is 0 Å². The van der Waals surface area contributed by atoms with E-state index in [-0.39, 0.29) is 0 Å². The van der Waals surface area contributed by atoms with Crippen LogP contribution in [0.1, 0.15) is 17.7 Å². The fourth-order valence-corrected chi connectivity index (χ4v) is 2.05. The minimum absolute atomic E-state index is 0.764. The first-order chi connectivity index (χ1) is 7.22. The van der Waals surface area contributed by atoms with E-state index >= 15 is 0 Å². The zero-order chi connectivity index (χ0) is 10.8. The molecule has 0 aliphatic carbocycles. The summed E-state index contributed by atoms with van der Waals surface area (Å²) in [4.78, 5) is 0. The Kier molecular flexibility index (Phi) is 2.78. The summed E-state index contributed by atoms with van der Waals surface area (Å²) >= 11 is 0. The van der Waals surface area contributed by atoms with Gasteiger partial charge in [-0.05, 0) is 44.5 Å². The third-order valence-electron chi connectivity index (χ3n) is 2.93. The lowest BCUT2D eigenvalue weighted by atomic mass is 10.2. The lowest BCUT2D eigenvalue weighted by molar-refractivity contribution is 0.766. The Labute approximate surface area is 90.7 Å². The maximum absolute atomic E-state index is 5.54. The molecule has 0 radical (unpaired) electrons. The lowest BCUT2D eigenvalue weighted by Crippen LogP contribution is -2.03. The molecule has 2 heteroatoms. The number of benzene rings is 1. The number of aryl methyl sites for hydroxylation is 3. The SMILES string of the molecule is Cc1ccc2c(c1)cc(CCCN)n2C. The summed E-state index contributed by atoms with van der Waals surface area (Å²) in [5.74, 6) is 0. The predicted octanol–water partition coefficient (Wildman–Crippen LogP) is 2.38. The second kappa shape index (κ2) is 4.07. The Balaban J connectivity index is 2.44. The van der Waals surface area contributed by atoms with Crippen molar-refractivity contribution in [3.8, 4) is 0 Å². The number of hydrogen-bond donors (Lipinski definition) is 1. The van der Waals surface area contributed by atoms with Crippen LogP contribution in [0.4, 0.5) is 0 Å². The summed E-state index contributed by atoms with van der Waals surface area (Å²) in [5, 5.41) is 1.34. The summed E-state index contributed by atoms with van der Waals surface area (Å²) < 4.78 is 2.27. The standard InChI is InChI=1S/C13H18N2/c1-10-5-6-13-11(8-10)9-12(15(13)2)4-3-7-14/h5-6,8-9H,3-4,7,14H2,1-2H3. The van der Waals surface area contributed by atoms with E-state index in [1.54, 1.807) is 0 Å². The van der Waals surface area contributed by atoms with Crippen molar-refractivity contribution in [1.82, 2.24) is 4.57 Å². The molecule has 2 N–H and O–H groups in total. The van der Waals surface area contributed by atoms with Crippen LogP contribution in [0, 0.1) is 6.92 Å².